The molecule has 0 spiro atoms. The van der Waals surface area contributed by atoms with Gasteiger partial charge >= 0.3 is 0 Å². The number of hydrogen-bond donors (Lipinski definition) is 1. The number of benzene rings is 2. The number of aromatic amines is 1. The second-order valence-electron chi connectivity index (χ2n) is 9.25. The van der Waals surface area contributed by atoms with Crippen LogP contribution in [0, 0.1) is 5.41 Å². The molecule has 4 heteroatoms. The quantitative estimate of drug-likeness (QED) is 0.393. The Morgan fingerprint density at radius 2 is 1.69 bits per heavy atom. The SMILES string of the molecule is CC1(C)CC(=O)c2c([nH]c(-c3ccncc3)c2Cc2cccc(Oc3ccccc3)c2)C1. The van der Waals surface area contributed by atoms with Gasteiger partial charge in [0.2, 0.25) is 0 Å². The summed E-state index contributed by atoms with van der Waals surface area (Å²) in [6.45, 7) is 4.32. The van der Waals surface area contributed by atoms with Crippen LogP contribution in [0.15, 0.2) is 79.1 Å². The van der Waals surface area contributed by atoms with E-state index in [1.54, 1.807) is 12.4 Å². The number of nitrogens with zero attached hydrogens (tertiary/aromatic N) is 1. The van der Waals surface area contributed by atoms with E-state index in [2.05, 4.69) is 35.9 Å². The van der Waals surface area contributed by atoms with E-state index in [1.807, 2.05) is 54.6 Å². The molecule has 4 nitrogen and oxygen atoms in total. The molecule has 0 saturated carbocycles. The molecule has 0 atom stereocenters. The molecule has 1 N–H and O–H groups in total. The van der Waals surface area contributed by atoms with Crippen molar-refractivity contribution >= 4 is 5.78 Å². The number of Topliss-reactive ketones (excluding diaryl/α,β-unsaturated/α-hetero) is 1. The zero-order chi connectivity index (χ0) is 22.1. The van der Waals surface area contributed by atoms with Crippen LogP contribution in [-0.4, -0.2) is 15.8 Å². The number of nitrogens with one attached hydrogen (secondary N) is 1. The topological polar surface area (TPSA) is 55.0 Å². The van der Waals surface area contributed by atoms with Crippen molar-refractivity contribution in [3.8, 4) is 22.8 Å². The molecule has 0 fully saturated rings. The van der Waals surface area contributed by atoms with Crippen LogP contribution in [0.25, 0.3) is 11.3 Å². The standard InChI is InChI=1S/C28H26N2O2/c1-28(2)17-24-26(25(31)18-28)23(27(30-24)20-11-13-29-14-12-20)16-19-7-6-10-22(15-19)32-21-8-4-3-5-9-21/h3-15,30H,16-18H2,1-2H3. The van der Waals surface area contributed by atoms with Gasteiger partial charge in [0, 0.05) is 42.1 Å². The molecule has 0 aliphatic heterocycles. The van der Waals surface area contributed by atoms with E-state index in [9.17, 15) is 4.79 Å². The van der Waals surface area contributed by atoms with Crippen LogP contribution < -0.4 is 4.74 Å². The number of carbonyl (C=O) groups excluding carboxylic acids is 1. The summed E-state index contributed by atoms with van der Waals surface area (Å²) < 4.78 is 6.03. The number of H-pyrrole nitrogens is 1. The average Bonchev–Trinajstić information content (AvgIpc) is 3.12. The second kappa shape index (κ2) is 8.12. The molecule has 0 bridgehead atoms. The second-order valence-corrected chi connectivity index (χ2v) is 9.25. The summed E-state index contributed by atoms with van der Waals surface area (Å²) in [6, 6.07) is 21.9. The van der Waals surface area contributed by atoms with Crippen LogP contribution in [0.2, 0.25) is 0 Å². The van der Waals surface area contributed by atoms with Gasteiger partial charge in [0.1, 0.15) is 11.5 Å². The number of carbonyl (C=O) groups is 1. The Hall–Kier alpha value is -3.66. The number of ketones is 1. The minimum absolute atomic E-state index is 0.0365. The van der Waals surface area contributed by atoms with Crippen molar-refractivity contribution in [3.63, 3.8) is 0 Å². The molecule has 0 unspecified atom stereocenters. The van der Waals surface area contributed by atoms with Crippen molar-refractivity contribution in [3.05, 3.63) is 102 Å². The van der Waals surface area contributed by atoms with Crippen LogP contribution in [0.4, 0.5) is 0 Å². The molecule has 1 aliphatic carbocycles. The van der Waals surface area contributed by atoms with Crippen molar-refractivity contribution in [1.82, 2.24) is 9.97 Å². The minimum atomic E-state index is -0.0365. The van der Waals surface area contributed by atoms with E-state index < -0.39 is 0 Å². The molecule has 0 saturated heterocycles. The summed E-state index contributed by atoms with van der Waals surface area (Å²) in [4.78, 5) is 21.0. The highest BCUT2D eigenvalue weighted by molar-refractivity contribution is 6.02. The first-order valence-electron chi connectivity index (χ1n) is 11.0. The van der Waals surface area contributed by atoms with Gasteiger partial charge in [0.15, 0.2) is 5.78 Å². The van der Waals surface area contributed by atoms with Crippen molar-refractivity contribution < 1.29 is 9.53 Å². The highest BCUT2D eigenvalue weighted by atomic mass is 16.5. The van der Waals surface area contributed by atoms with Crippen molar-refractivity contribution in [2.75, 3.05) is 0 Å². The molecule has 5 rings (SSSR count). The average molecular weight is 423 g/mol. The van der Waals surface area contributed by atoms with Gasteiger partial charge in [-0.2, -0.15) is 0 Å². The van der Waals surface area contributed by atoms with E-state index in [0.717, 1.165) is 51.6 Å². The smallest absolute Gasteiger partial charge is 0.165 e. The maximum absolute atomic E-state index is 13.2. The van der Waals surface area contributed by atoms with Gasteiger partial charge in [-0.3, -0.25) is 9.78 Å². The Morgan fingerprint density at radius 3 is 2.47 bits per heavy atom. The maximum Gasteiger partial charge on any atom is 0.165 e. The van der Waals surface area contributed by atoms with Gasteiger partial charge in [-0.25, -0.2) is 0 Å². The molecular weight excluding hydrogens is 396 g/mol. The molecule has 4 aromatic rings. The fraction of sp³-hybridized carbons (Fsp3) is 0.214. The molecule has 0 amide bonds. The van der Waals surface area contributed by atoms with Crippen molar-refractivity contribution in [2.45, 2.75) is 33.1 Å². The Bertz CT molecular complexity index is 1260. The van der Waals surface area contributed by atoms with Crippen LogP contribution in [0.5, 0.6) is 11.5 Å². The molecule has 1 aliphatic rings. The van der Waals surface area contributed by atoms with Gasteiger partial charge in [0.05, 0.1) is 5.69 Å². The zero-order valence-corrected chi connectivity index (χ0v) is 18.4. The van der Waals surface area contributed by atoms with Crippen LogP contribution in [0.3, 0.4) is 0 Å². The largest absolute Gasteiger partial charge is 0.457 e. The molecule has 32 heavy (non-hydrogen) atoms. The number of ether oxygens (including phenoxy) is 1. The van der Waals surface area contributed by atoms with Crippen molar-refractivity contribution in [2.24, 2.45) is 5.41 Å². The van der Waals surface area contributed by atoms with Gasteiger partial charge in [-0.15, -0.1) is 0 Å². The number of fused-ring (bicyclic) bond motifs is 1. The Labute approximate surface area is 188 Å². The fourth-order valence-corrected chi connectivity index (χ4v) is 4.62. The Kier molecular flexibility index (Phi) is 5.14. The summed E-state index contributed by atoms with van der Waals surface area (Å²) >= 11 is 0. The van der Waals surface area contributed by atoms with E-state index in [-0.39, 0.29) is 11.2 Å². The molecule has 160 valence electrons. The fourth-order valence-electron chi connectivity index (χ4n) is 4.62. The third-order valence-corrected chi connectivity index (χ3v) is 5.98. The van der Waals surface area contributed by atoms with Crippen LogP contribution in [-0.2, 0) is 12.8 Å². The first-order chi connectivity index (χ1) is 15.5. The summed E-state index contributed by atoms with van der Waals surface area (Å²) in [6.07, 6.45) is 5.67. The van der Waals surface area contributed by atoms with E-state index in [0.29, 0.717) is 12.8 Å². The summed E-state index contributed by atoms with van der Waals surface area (Å²) in [7, 11) is 0. The highest BCUT2D eigenvalue weighted by Crippen LogP contribution is 2.40. The first-order valence-corrected chi connectivity index (χ1v) is 11.0. The van der Waals surface area contributed by atoms with Crippen LogP contribution in [0.1, 0.15) is 47.4 Å². The lowest BCUT2D eigenvalue weighted by Gasteiger charge is -2.28. The molecule has 2 aromatic carbocycles. The normalized spacial score (nSPS) is 14.8. The third-order valence-electron chi connectivity index (χ3n) is 5.98. The van der Waals surface area contributed by atoms with E-state index in [1.165, 1.54) is 0 Å². The molecular formula is C28H26N2O2. The summed E-state index contributed by atoms with van der Waals surface area (Å²) in [5, 5.41) is 0. The zero-order valence-electron chi connectivity index (χ0n) is 18.4. The summed E-state index contributed by atoms with van der Waals surface area (Å²) in [5.41, 5.74) is 6.10. The van der Waals surface area contributed by atoms with Gasteiger partial charge in [-0.1, -0.05) is 44.2 Å². The van der Waals surface area contributed by atoms with Gasteiger partial charge < -0.3 is 9.72 Å². The Balaban J connectivity index is 1.54. The number of para-hydroxylation sites is 1. The Morgan fingerprint density at radius 1 is 0.938 bits per heavy atom. The number of pyridine rings is 1. The molecule has 0 radical (unpaired) electrons. The minimum Gasteiger partial charge on any atom is -0.457 e. The first kappa shape index (κ1) is 20.3. The predicted molar refractivity (Wildman–Crippen MR) is 126 cm³/mol. The van der Waals surface area contributed by atoms with Crippen LogP contribution >= 0.6 is 0 Å². The monoisotopic (exact) mass is 422 g/mol. The lowest BCUT2D eigenvalue weighted by Crippen LogP contribution is -2.27. The highest BCUT2D eigenvalue weighted by Gasteiger charge is 2.35. The molecule has 2 heterocycles. The lowest BCUT2D eigenvalue weighted by atomic mass is 9.75. The maximum atomic E-state index is 13.2. The number of aromatic nitrogens is 2. The van der Waals surface area contributed by atoms with Crippen molar-refractivity contribution in [1.29, 1.82) is 0 Å². The lowest BCUT2D eigenvalue weighted by molar-refractivity contribution is 0.0911. The van der Waals surface area contributed by atoms with E-state index >= 15 is 0 Å². The predicted octanol–water partition coefficient (Wildman–Crippen LogP) is 6.61. The van der Waals surface area contributed by atoms with Gasteiger partial charge in [0.25, 0.3) is 0 Å². The number of hydrogen-bond acceptors (Lipinski definition) is 3. The third kappa shape index (κ3) is 4.09. The van der Waals surface area contributed by atoms with E-state index in [4.69, 9.17) is 4.74 Å². The number of rotatable bonds is 5. The molecule has 2 aromatic heterocycles. The summed E-state index contributed by atoms with van der Waals surface area (Å²) in [5.74, 6) is 1.81. The van der Waals surface area contributed by atoms with Gasteiger partial charge in [-0.05, 0) is 59.4 Å².